The van der Waals surface area contributed by atoms with Crippen LogP contribution in [0.25, 0.3) is 0 Å². The van der Waals surface area contributed by atoms with Crippen LogP contribution in [0, 0.1) is 0 Å². The van der Waals surface area contributed by atoms with Crippen LogP contribution in [0.4, 0.5) is 4.79 Å². The van der Waals surface area contributed by atoms with E-state index in [1.807, 2.05) is 0 Å². The normalized spacial score (nSPS) is 9.09. The van der Waals surface area contributed by atoms with Crippen molar-refractivity contribution in [1.29, 1.82) is 0 Å². The number of hydrogen-bond donors (Lipinski definition) is 0. The fourth-order valence-corrected chi connectivity index (χ4v) is 0.627. The summed E-state index contributed by atoms with van der Waals surface area (Å²) in [4.78, 5) is 10.6. The molecule has 0 fully saturated rings. The van der Waals surface area contributed by atoms with Crippen molar-refractivity contribution >= 4 is 16.5 Å². The van der Waals surface area contributed by atoms with Crippen LogP contribution >= 0.6 is 0 Å². The van der Waals surface area contributed by atoms with Crippen LogP contribution < -0.4 is 0 Å². The molecule has 0 bridgehead atoms. The van der Waals surface area contributed by atoms with E-state index in [-0.39, 0.29) is 0 Å². The monoisotopic (exact) mass is 174 g/mol. The van der Waals surface area contributed by atoms with Crippen molar-refractivity contribution in [3.8, 4) is 0 Å². The number of carbonyl (C=O) groups excluding carboxylic acids is 1. The van der Waals surface area contributed by atoms with Crippen molar-refractivity contribution in [2.75, 3.05) is 0 Å². The lowest BCUT2D eigenvalue weighted by atomic mass is 10.9. The first kappa shape index (κ1) is 7.54. The summed E-state index contributed by atoms with van der Waals surface area (Å²) in [5.74, 6) is 0. The standard InChI is InChI=1S/C3H2N4O3S/c8-3(5-11(9)10)7-2-1-4-6-7/h1-2H. The molecule has 0 aliphatic heterocycles. The number of carbonyl (C=O) groups is 1. The summed E-state index contributed by atoms with van der Waals surface area (Å²) in [6.45, 7) is 0. The first-order valence-electron chi connectivity index (χ1n) is 2.42. The molecule has 1 aromatic heterocycles. The quantitative estimate of drug-likeness (QED) is 0.518. The summed E-state index contributed by atoms with van der Waals surface area (Å²) < 4.78 is 23.1. The zero-order valence-corrected chi connectivity index (χ0v) is 5.89. The summed E-state index contributed by atoms with van der Waals surface area (Å²) in [5.41, 5.74) is 0. The first-order valence-corrected chi connectivity index (χ1v) is 3.45. The highest BCUT2D eigenvalue weighted by Gasteiger charge is 2.01. The van der Waals surface area contributed by atoms with Gasteiger partial charge in [0.2, 0.25) is 0 Å². The summed E-state index contributed by atoms with van der Waals surface area (Å²) in [7, 11) is -2.74. The van der Waals surface area contributed by atoms with Gasteiger partial charge in [0.1, 0.15) is 0 Å². The van der Waals surface area contributed by atoms with E-state index in [9.17, 15) is 13.2 Å². The predicted molar refractivity (Wildman–Crippen MR) is 32.2 cm³/mol. The Hall–Kier alpha value is -1.57. The highest BCUT2D eigenvalue weighted by molar-refractivity contribution is 7.62. The van der Waals surface area contributed by atoms with Crippen LogP contribution in [0.5, 0.6) is 0 Å². The first-order chi connectivity index (χ1) is 5.20. The van der Waals surface area contributed by atoms with Crippen molar-refractivity contribution in [3.05, 3.63) is 12.4 Å². The highest BCUT2D eigenvalue weighted by Crippen LogP contribution is 1.83. The van der Waals surface area contributed by atoms with Crippen LogP contribution in [-0.4, -0.2) is 29.4 Å². The van der Waals surface area contributed by atoms with Crippen LogP contribution in [0.15, 0.2) is 16.8 Å². The largest absolute Gasteiger partial charge is 0.384 e. The molecule has 0 aromatic carbocycles. The second kappa shape index (κ2) is 3.01. The van der Waals surface area contributed by atoms with E-state index in [0.29, 0.717) is 4.68 Å². The number of rotatable bonds is 0. The Bertz CT molecular complexity index is 369. The molecule has 0 aliphatic rings. The Morgan fingerprint density at radius 2 is 2.27 bits per heavy atom. The van der Waals surface area contributed by atoms with Crippen molar-refractivity contribution in [3.63, 3.8) is 0 Å². The molecule has 0 saturated heterocycles. The SMILES string of the molecule is O=C(N=S(=O)=O)n1ccnn1. The fourth-order valence-electron chi connectivity index (χ4n) is 0.416. The number of aromatic nitrogens is 3. The molecule has 0 saturated carbocycles. The molecule has 1 amide bonds. The Morgan fingerprint density at radius 3 is 2.73 bits per heavy atom. The minimum absolute atomic E-state index is 0.704. The molecule has 0 N–H and O–H groups in total. The maximum Gasteiger partial charge on any atom is 0.384 e. The average Bonchev–Trinajstić information content (AvgIpc) is 2.35. The lowest BCUT2D eigenvalue weighted by molar-refractivity contribution is 0.248. The van der Waals surface area contributed by atoms with Gasteiger partial charge < -0.3 is 0 Å². The van der Waals surface area contributed by atoms with Crippen molar-refractivity contribution < 1.29 is 13.2 Å². The summed E-state index contributed by atoms with van der Waals surface area (Å²) in [5, 5.41) is 6.50. The maximum atomic E-state index is 10.6. The maximum absolute atomic E-state index is 10.6. The van der Waals surface area contributed by atoms with E-state index < -0.39 is 16.5 Å². The van der Waals surface area contributed by atoms with Gasteiger partial charge in [-0.15, -0.1) is 5.10 Å². The van der Waals surface area contributed by atoms with Gasteiger partial charge in [-0.1, -0.05) is 9.58 Å². The van der Waals surface area contributed by atoms with Crippen molar-refractivity contribution in [2.24, 2.45) is 4.36 Å². The van der Waals surface area contributed by atoms with Gasteiger partial charge in [0.05, 0.1) is 12.4 Å². The molecular formula is C3H2N4O3S. The molecule has 11 heavy (non-hydrogen) atoms. The van der Waals surface area contributed by atoms with E-state index in [0.717, 1.165) is 0 Å². The number of amides is 1. The molecule has 0 aliphatic carbocycles. The smallest absolute Gasteiger partial charge is 0.242 e. The molecule has 1 rings (SSSR count). The molecule has 0 unspecified atom stereocenters. The lowest BCUT2D eigenvalue weighted by Gasteiger charge is -1.84. The summed E-state index contributed by atoms with van der Waals surface area (Å²) >= 11 is 0. The topological polar surface area (TPSA) is 94.3 Å². The van der Waals surface area contributed by atoms with Gasteiger partial charge in [-0.2, -0.15) is 13.1 Å². The third-order valence-electron chi connectivity index (χ3n) is 0.771. The zero-order chi connectivity index (χ0) is 8.27. The Kier molecular flexibility index (Phi) is 2.06. The molecule has 1 aromatic rings. The Labute approximate surface area is 62.3 Å². The highest BCUT2D eigenvalue weighted by atomic mass is 32.2. The van der Waals surface area contributed by atoms with Crippen LogP contribution in [0.3, 0.4) is 0 Å². The third-order valence-corrected chi connectivity index (χ3v) is 1.08. The van der Waals surface area contributed by atoms with Gasteiger partial charge in [-0.25, -0.2) is 4.79 Å². The molecule has 1 heterocycles. The molecule has 0 radical (unpaired) electrons. The Morgan fingerprint density at radius 1 is 1.55 bits per heavy atom. The molecule has 0 atom stereocenters. The van der Waals surface area contributed by atoms with Crippen LogP contribution in [-0.2, 0) is 10.5 Å². The fraction of sp³-hybridized carbons (Fsp3) is 0. The Balaban J connectivity index is 2.97. The van der Waals surface area contributed by atoms with Gasteiger partial charge in [-0.05, 0) is 0 Å². The minimum atomic E-state index is -2.74. The third kappa shape index (κ3) is 1.93. The van der Waals surface area contributed by atoms with E-state index in [4.69, 9.17) is 0 Å². The number of nitrogens with zero attached hydrogens (tertiary/aromatic N) is 4. The summed E-state index contributed by atoms with van der Waals surface area (Å²) in [6, 6.07) is -0.990. The minimum Gasteiger partial charge on any atom is -0.242 e. The molecule has 58 valence electrons. The van der Waals surface area contributed by atoms with Crippen LogP contribution in [0.1, 0.15) is 0 Å². The van der Waals surface area contributed by atoms with Gasteiger partial charge in [0.25, 0.3) is 0 Å². The molecular weight excluding hydrogens is 172 g/mol. The van der Waals surface area contributed by atoms with Gasteiger partial charge in [-0.3, -0.25) is 0 Å². The average molecular weight is 174 g/mol. The van der Waals surface area contributed by atoms with Gasteiger partial charge in [0, 0.05) is 0 Å². The summed E-state index contributed by atoms with van der Waals surface area (Å²) in [6.07, 6.45) is 2.43. The predicted octanol–water partition coefficient (Wildman–Crippen LogP) is -0.691. The van der Waals surface area contributed by atoms with Gasteiger partial charge >= 0.3 is 16.5 Å². The lowest BCUT2D eigenvalue weighted by Crippen LogP contribution is -2.06. The van der Waals surface area contributed by atoms with E-state index >= 15 is 0 Å². The second-order valence-electron chi connectivity index (χ2n) is 1.44. The van der Waals surface area contributed by atoms with E-state index in [1.165, 1.54) is 12.4 Å². The van der Waals surface area contributed by atoms with Crippen LogP contribution in [0.2, 0.25) is 0 Å². The molecule has 0 spiro atoms. The van der Waals surface area contributed by atoms with Gasteiger partial charge in [0.15, 0.2) is 0 Å². The van der Waals surface area contributed by atoms with Crippen molar-refractivity contribution in [2.45, 2.75) is 0 Å². The van der Waals surface area contributed by atoms with E-state index in [2.05, 4.69) is 14.7 Å². The zero-order valence-electron chi connectivity index (χ0n) is 5.08. The van der Waals surface area contributed by atoms with E-state index in [1.54, 1.807) is 0 Å². The van der Waals surface area contributed by atoms with Crippen molar-refractivity contribution in [1.82, 2.24) is 15.0 Å². The molecule has 8 heteroatoms. The number of hydrogen-bond acceptors (Lipinski definition) is 5. The second-order valence-corrected chi connectivity index (χ2v) is 2.06. The molecule has 7 nitrogen and oxygen atoms in total.